The van der Waals surface area contributed by atoms with E-state index in [9.17, 15) is 14.4 Å². The van der Waals surface area contributed by atoms with Crippen molar-refractivity contribution in [2.24, 2.45) is 0 Å². The fraction of sp³-hybridized carbons (Fsp3) is 0.250. The van der Waals surface area contributed by atoms with Crippen LogP contribution in [0, 0.1) is 6.92 Å². The molecule has 0 fully saturated rings. The van der Waals surface area contributed by atoms with Crippen molar-refractivity contribution in [1.82, 2.24) is 5.32 Å². The monoisotopic (exact) mass is 422 g/mol. The van der Waals surface area contributed by atoms with Gasteiger partial charge in [0.1, 0.15) is 6.04 Å². The van der Waals surface area contributed by atoms with Crippen molar-refractivity contribution in [3.05, 3.63) is 63.6 Å². The van der Waals surface area contributed by atoms with Crippen LogP contribution in [0.3, 0.4) is 0 Å². The highest BCUT2D eigenvalue weighted by molar-refractivity contribution is 6.35. The van der Waals surface area contributed by atoms with Crippen LogP contribution in [0.4, 0.5) is 5.69 Å². The van der Waals surface area contributed by atoms with Crippen LogP contribution in [0.5, 0.6) is 0 Å². The molecule has 148 valence electrons. The Morgan fingerprint density at radius 2 is 1.64 bits per heavy atom. The van der Waals surface area contributed by atoms with Gasteiger partial charge in [0.25, 0.3) is 11.8 Å². The fourth-order valence-electron chi connectivity index (χ4n) is 2.32. The molecular weight excluding hydrogens is 403 g/mol. The molecule has 2 atom stereocenters. The largest absolute Gasteiger partial charge is 0.451 e. The van der Waals surface area contributed by atoms with Gasteiger partial charge in [0, 0.05) is 21.3 Å². The van der Waals surface area contributed by atoms with Gasteiger partial charge in [-0.1, -0.05) is 40.9 Å². The number of ether oxygens (including phenoxy) is 1. The molecule has 1 unspecified atom stereocenters. The second-order valence-corrected chi connectivity index (χ2v) is 7.16. The molecule has 2 rings (SSSR count). The number of hydrogen-bond acceptors (Lipinski definition) is 4. The highest BCUT2D eigenvalue weighted by Gasteiger charge is 2.23. The van der Waals surface area contributed by atoms with Crippen molar-refractivity contribution in [3.63, 3.8) is 0 Å². The quantitative estimate of drug-likeness (QED) is 0.689. The molecule has 0 aliphatic heterocycles. The lowest BCUT2D eigenvalue weighted by molar-refractivity contribution is -0.154. The maximum absolute atomic E-state index is 12.2. The zero-order chi connectivity index (χ0) is 20.8. The smallest absolute Gasteiger partial charge is 0.329 e. The maximum atomic E-state index is 12.2. The molecule has 2 amide bonds. The minimum atomic E-state index is -1.08. The van der Waals surface area contributed by atoms with E-state index in [-0.39, 0.29) is 0 Å². The minimum Gasteiger partial charge on any atom is -0.451 e. The average molecular weight is 423 g/mol. The lowest BCUT2D eigenvalue weighted by Crippen LogP contribution is -2.42. The highest BCUT2D eigenvalue weighted by Crippen LogP contribution is 2.22. The predicted octanol–water partition coefficient (Wildman–Crippen LogP) is 3.99. The molecular formula is C20H20Cl2N2O4. The van der Waals surface area contributed by atoms with E-state index in [1.807, 2.05) is 13.0 Å². The minimum absolute atomic E-state index is 0.361. The third-order valence-corrected chi connectivity index (χ3v) is 4.21. The van der Waals surface area contributed by atoms with Gasteiger partial charge in [-0.3, -0.25) is 9.59 Å². The van der Waals surface area contributed by atoms with Crippen LogP contribution in [0.1, 0.15) is 29.8 Å². The summed E-state index contributed by atoms with van der Waals surface area (Å²) >= 11 is 11.8. The summed E-state index contributed by atoms with van der Waals surface area (Å²) in [6.07, 6.45) is -1.08. The van der Waals surface area contributed by atoms with Crippen LogP contribution >= 0.6 is 23.2 Å². The van der Waals surface area contributed by atoms with Crippen molar-refractivity contribution >= 4 is 46.7 Å². The van der Waals surface area contributed by atoms with Crippen molar-refractivity contribution in [3.8, 4) is 0 Å². The van der Waals surface area contributed by atoms with E-state index in [0.717, 1.165) is 5.56 Å². The van der Waals surface area contributed by atoms with Crippen LogP contribution in [0.25, 0.3) is 0 Å². The first-order valence-corrected chi connectivity index (χ1v) is 9.26. The summed E-state index contributed by atoms with van der Waals surface area (Å²) in [6, 6.07) is 10.6. The van der Waals surface area contributed by atoms with E-state index < -0.39 is 29.9 Å². The Labute approximate surface area is 173 Å². The zero-order valence-corrected chi connectivity index (χ0v) is 17.1. The molecule has 0 radical (unpaired) electrons. The number of carbonyl (C=O) groups excluding carboxylic acids is 3. The summed E-state index contributed by atoms with van der Waals surface area (Å²) in [5.74, 6) is -1.68. The molecule has 0 spiro atoms. The number of carbonyl (C=O) groups is 3. The van der Waals surface area contributed by atoms with Crippen LogP contribution < -0.4 is 10.6 Å². The molecule has 0 saturated heterocycles. The molecule has 8 heteroatoms. The second-order valence-electron chi connectivity index (χ2n) is 6.29. The molecule has 0 saturated carbocycles. The standard InChI is InChI=1S/C20H20Cl2N2O4/c1-11-5-4-6-14(7-11)19(26)23-12(2)20(27)28-13(3)18(25)24-17-9-15(21)8-16(22)10-17/h4-10,12-13H,1-3H3,(H,23,26)(H,24,25)/t12-,13?/m0/s1. The van der Waals surface area contributed by atoms with Gasteiger partial charge in [0.05, 0.1) is 0 Å². The Bertz CT molecular complexity index is 881. The van der Waals surface area contributed by atoms with E-state index in [4.69, 9.17) is 27.9 Å². The van der Waals surface area contributed by atoms with Crippen molar-refractivity contribution in [1.29, 1.82) is 0 Å². The third-order valence-electron chi connectivity index (χ3n) is 3.77. The lowest BCUT2D eigenvalue weighted by Gasteiger charge is -2.18. The third kappa shape index (κ3) is 6.25. The second kappa shape index (κ2) is 9.57. The van der Waals surface area contributed by atoms with E-state index in [0.29, 0.717) is 21.3 Å². The van der Waals surface area contributed by atoms with Gasteiger partial charge in [-0.15, -0.1) is 0 Å². The van der Waals surface area contributed by atoms with Crippen molar-refractivity contribution in [2.45, 2.75) is 32.9 Å². The lowest BCUT2D eigenvalue weighted by atomic mass is 10.1. The number of halogens is 2. The van der Waals surface area contributed by atoms with Crippen LogP contribution in [-0.2, 0) is 14.3 Å². The van der Waals surface area contributed by atoms with Gasteiger partial charge in [-0.25, -0.2) is 4.79 Å². The van der Waals surface area contributed by atoms with E-state index >= 15 is 0 Å². The van der Waals surface area contributed by atoms with Gasteiger partial charge >= 0.3 is 5.97 Å². The molecule has 2 aromatic rings. The first-order chi connectivity index (χ1) is 13.2. The molecule has 2 aromatic carbocycles. The zero-order valence-electron chi connectivity index (χ0n) is 15.6. The van der Waals surface area contributed by atoms with Gasteiger partial charge in [0.15, 0.2) is 6.10 Å². The van der Waals surface area contributed by atoms with Gasteiger partial charge in [-0.05, 0) is 51.1 Å². The number of aryl methyl sites for hydroxylation is 1. The highest BCUT2D eigenvalue weighted by atomic mass is 35.5. The summed E-state index contributed by atoms with van der Waals surface area (Å²) in [7, 11) is 0. The SMILES string of the molecule is Cc1cccc(C(=O)N[C@@H](C)C(=O)OC(C)C(=O)Nc2cc(Cl)cc(Cl)c2)c1. The molecule has 2 N–H and O–H groups in total. The molecule has 0 heterocycles. The van der Waals surface area contributed by atoms with E-state index in [1.54, 1.807) is 18.2 Å². The number of anilines is 1. The Morgan fingerprint density at radius 3 is 2.25 bits per heavy atom. The van der Waals surface area contributed by atoms with Gasteiger partial charge in [-0.2, -0.15) is 0 Å². The van der Waals surface area contributed by atoms with Crippen molar-refractivity contribution < 1.29 is 19.1 Å². The number of benzene rings is 2. The van der Waals surface area contributed by atoms with Gasteiger partial charge in [0.2, 0.25) is 0 Å². The summed E-state index contributed by atoms with van der Waals surface area (Å²) in [4.78, 5) is 36.6. The number of amides is 2. The normalized spacial score (nSPS) is 12.6. The Kier molecular flexibility index (Phi) is 7.43. The number of esters is 1. The summed E-state index contributed by atoms with van der Waals surface area (Å²) in [5.41, 5.74) is 1.74. The molecule has 0 aliphatic carbocycles. The molecule has 0 aromatic heterocycles. The number of rotatable bonds is 6. The molecule has 0 aliphatic rings. The number of nitrogens with one attached hydrogen (secondary N) is 2. The summed E-state index contributed by atoms with van der Waals surface area (Å²) in [5, 5.41) is 5.84. The maximum Gasteiger partial charge on any atom is 0.329 e. The summed E-state index contributed by atoms with van der Waals surface area (Å²) in [6.45, 7) is 4.77. The number of hydrogen-bond donors (Lipinski definition) is 2. The Hall–Kier alpha value is -2.57. The van der Waals surface area contributed by atoms with Crippen molar-refractivity contribution in [2.75, 3.05) is 5.32 Å². The van der Waals surface area contributed by atoms with Crippen LogP contribution in [-0.4, -0.2) is 29.9 Å². The fourth-order valence-corrected chi connectivity index (χ4v) is 2.85. The topological polar surface area (TPSA) is 84.5 Å². The first-order valence-electron chi connectivity index (χ1n) is 8.50. The average Bonchev–Trinajstić information content (AvgIpc) is 2.60. The van der Waals surface area contributed by atoms with Gasteiger partial charge < -0.3 is 15.4 Å². The molecule has 6 nitrogen and oxygen atoms in total. The molecule has 28 heavy (non-hydrogen) atoms. The van der Waals surface area contributed by atoms with Crippen LogP contribution in [0.2, 0.25) is 10.0 Å². The van der Waals surface area contributed by atoms with E-state index in [2.05, 4.69) is 10.6 Å². The first kappa shape index (κ1) is 21.7. The summed E-state index contributed by atoms with van der Waals surface area (Å²) < 4.78 is 5.14. The predicted molar refractivity (Wildman–Crippen MR) is 109 cm³/mol. The Balaban J connectivity index is 1.91. The molecule has 0 bridgehead atoms. The van der Waals surface area contributed by atoms with Crippen LogP contribution in [0.15, 0.2) is 42.5 Å². The van der Waals surface area contributed by atoms with E-state index in [1.165, 1.54) is 32.0 Å². The Morgan fingerprint density at radius 1 is 1.00 bits per heavy atom.